The number of fused-ring (bicyclic) bond motifs is 1. The third-order valence-electron chi connectivity index (χ3n) is 5.09. The first-order valence-corrected chi connectivity index (χ1v) is 10.4. The second kappa shape index (κ2) is 8.34. The van der Waals surface area contributed by atoms with Crippen molar-refractivity contribution in [1.82, 2.24) is 33.9 Å². The van der Waals surface area contributed by atoms with Gasteiger partial charge in [-0.1, -0.05) is 19.9 Å². The van der Waals surface area contributed by atoms with E-state index in [1.54, 1.807) is 13.1 Å². The van der Waals surface area contributed by atoms with E-state index in [0.29, 0.717) is 30.0 Å². The number of H-pyrrole nitrogens is 1. The van der Waals surface area contributed by atoms with Gasteiger partial charge in [0, 0.05) is 25.5 Å². The van der Waals surface area contributed by atoms with Gasteiger partial charge in [-0.25, -0.2) is 9.78 Å². The summed E-state index contributed by atoms with van der Waals surface area (Å²) in [5, 5.41) is 4.22. The number of halogens is 3. The number of aromatic nitrogens is 7. The zero-order valence-corrected chi connectivity index (χ0v) is 18.2. The number of aryl methyl sites for hydroxylation is 1. The van der Waals surface area contributed by atoms with Gasteiger partial charge in [0.15, 0.2) is 5.65 Å². The first-order valence-electron chi connectivity index (χ1n) is 10.4. The fourth-order valence-corrected chi connectivity index (χ4v) is 3.56. The Balaban J connectivity index is 1.67. The van der Waals surface area contributed by atoms with Crippen LogP contribution in [0.3, 0.4) is 0 Å². The highest BCUT2D eigenvalue weighted by atomic mass is 19.4. The summed E-state index contributed by atoms with van der Waals surface area (Å²) in [6.45, 7) is 6.48. The molecule has 0 saturated carbocycles. The lowest BCUT2D eigenvalue weighted by molar-refractivity contribution is -0.141. The maximum atomic E-state index is 12.9. The fourth-order valence-electron chi connectivity index (χ4n) is 3.56. The monoisotopic (exact) mass is 461 g/mol. The van der Waals surface area contributed by atoms with Crippen LogP contribution in [0, 0.1) is 5.92 Å². The third kappa shape index (κ3) is 4.32. The van der Waals surface area contributed by atoms with Gasteiger partial charge in [-0.2, -0.15) is 18.3 Å². The van der Waals surface area contributed by atoms with E-state index in [0.717, 1.165) is 12.3 Å². The maximum Gasteiger partial charge on any atom is 0.433 e. The fraction of sp³-hybridized carbons (Fsp3) is 0.381. The van der Waals surface area contributed by atoms with E-state index in [4.69, 9.17) is 0 Å². The largest absolute Gasteiger partial charge is 0.433 e. The maximum absolute atomic E-state index is 12.9. The molecule has 0 atom stereocenters. The van der Waals surface area contributed by atoms with E-state index in [1.807, 2.05) is 13.8 Å². The van der Waals surface area contributed by atoms with Gasteiger partial charge >= 0.3 is 11.9 Å². The lowest BCUT2D eigenvalue weighted by Gasteiger charge is -2.11. The van der Waals surface area contributed by atoms with Crippen molar-refractivity contribution in [3.8, 4) is 11.4 Å². The predicted molar refractivity (Wildman–Crippen MR) is 115 cm³/mol. The molecule has 12 heteroatoms. The number of pyridine rings is 1. The van der Waals surface area contributed by atoms with E-state index >= 15 is 0 Å². The van der Waals surface area contributed by atoms with Crippen LogP contribution in [-0.2, 0) is 25.8 Å². The Kier molecular flexibility index (Phi) is 5.68. The molecule has 0 bridgehead atoms. The summed E-state index contributed by atoms with van der Waals surface area (Å²) >= 11 is 0. The molecule has 0 aliphatic heterocycles. The summed E-state index contributed by atoms with van der Waals surface area (Å²) < 4.78 is 42.2. The van der Waals surface area contributed by atoms with Gasteiger partial charge in [-0.3, -0.25) is 23.6 Å². The summed E-state index contributed by atoms with van der Waals surface area (Å²) in [6.07, 6.45) is -0.166. The molecule has 9 nitrogen and oxygen atoms in total. The Morgan fingerprint density at radius 1 is 1.12 bits per heavy atom. The molecule has 0 fully saturated rings. The van der Waals surface area contributed by atoms with E-state index in [2.05, 4.69) is 20.1 Å². The lowest BCUT2D eigenvalue weighted by atomic mass is 10.2. The van der Waals surface area contributed by atoms with Crippen LogP contribution in [0.25, 0.3) is 22.6 Å². The highest BCUT2D eigenvalue weighted by Crippen LogP contribution is 2.27. The van der Waals surface area contributed by atoms with E-state index in [1.165, 1.54) is 26.1 Å². The molecule has 0 aliphatic carbocycles. The second-order valence-electron chi connectivity index (χ2n) is 8.10. The van der Waals surface area contributed by atoms with Gasteiger partial charge in [-0.05, 0) is 24.5 Å². The zero-order chi connectivity index (χ0) is 23.9. The van der Waals surface area contributed by atoms with E-state index < -0.39 is 23.1 Å². The summed E-state index contributed by atoms with van der Waals surface area (Å²) in [5.74, 6) is 0.473. The number of imidazole rings is 1. The molecule has 4 aromatic rings. The number of hydrogen-bond donors (Lipinski definition) is 1. The molecule has 0 radical (unpaired) electrons. The van der Waals surface area contributed by atoms with Crippen molar-refractivity contribution in [3.05, 3.63) is 62.8 Å². The van der Waals surface area contributed by atoms with Gasteiger partial charge in [0.05, 0.1) is 18.3 Å². The van der Waals surface area contributed by atoms with Crippen LogP contribution in [0.1, 0.15) is 32.0 Å². The van der Waals surface area contributed by atoms with E-state index in [9.17, 15) is 22.8 Å². The highest BCUT2D eigenvalue weighted by Gasteiger charge is 2.32. The molecular weight excluding hydrogens is 439 g/mol. The van der Waals surface area contributed by atoms with Crippen LogP contribution in [0.15, 0.2) is 40.3 Å². The highest BCUT2D eigenvalue weighted by molar-refractivity contribution is 5.75. The first-order chi connectivity index (χ1) is 15.6. The molecule has 174 valence electrons. The Bertz CT molecular complexity index is 1410. The molecule has 4 aromatic heterocycles. The Labute approximate surface area is 185 Å². The van der Waals surface area contributed by atoms with Crippen LogP contribution in [-0.4, -0.2) is 33.9 Å². The van der Waals surface area contributed by atoms with Gasteiger partial charge in [0.2, 0.25) is 0 Å². The number of aromatic amines is 1. The molecule has 0 aromatic carbocycles. The van der Waals surface area contributed by atoms with Crippen LogP contribution in [0.5, 0.6) is 0 Å². The molecule has 1 N–H and O–H groups in total. The molecule has 0 unspecified atom stereocenters. The van der Waals surface area contributed by atoms with E-state index in [-0.39, 0.29) is 23.6 Å². The molecular formula is C21H22F3N7O2. The average molecular weight is 461 g/mol. The SMILES string of the molecule is CCn1c(=O)n(CC(C)C)c(=O)c2[nH]c(-c3cnn(Cc4ccc(C(F)(F)F)nc4)c3)nc21. The van der Waals surface area contributed by atoms with Crippen LogP contribution >= 0.6 is 0 Å². The summed E-state index contributed by atoms with van der Waals surface area (Å²) in [7, 11) is 0. The summed E-state index contributed by atoms with van der Waals surface area (Å²) in [4.78, 5) is 36.6. The first kappa shape index (κ1) is 22.5. The van der Waals surface area contributed by atoms with Gasteiger partial charge < -0.3 is 4.98 Å². The Morgan fingerprint density at radius 3 is 2.48 bits per heavy atom. The van der Waals surface area contributed by atoms with Crippen molar-refractivity contribution in [1.29, 1.82) is 0 Å². The number of nitrogens with zero attached hydrogens (tertiary/aromatic N) is 6. The molecule has 0 amide bonds. The Hall–Kier alpha value is -3.70. The molecule has 4 rings (SSSR count). The minimum absolute atomic E-state index is 0.110. The quantitative estimate of drug-likeness (QED) is 0.476. The standard InChI is InChI=1S/C21H22F3N7O2/c1-4-30-18-16(19(32)31(20(30)33)9-12(2)3)27-17(28-18)14-8-26-29(11-14)10-13-5-6-15(25-7-13)21(22,23)24/h5-8,11-12H,4,9-10H2,1-3H3,(H,27,28). The predicted octanol–water partition coefficient (Wildman–Crippen LogP) is 2.89. The molecule has 33 heavy (non-hydrogen) atoms. The minimum atomic E-state index is -4.49. The second-order valence-corrected chi connectivity index (χ2v) is 8.10. The smallest absolute Gasteiger partial charge is 0.332 e. The topological polar surface area (TPSA) is 103 Å². The van der Waals surface area contributed by atoms with Crippen molar-refractivity contribution >= 4 is 11.2 Å². The van der Waals surface area contributed by atoms with Crippen LogP contribution in [0.2, 0.25) is 0 Å². The average Bonchev–Trinajstić information content (AvgIpc) is 3.38. The van der Waals surface area contributed by atoms with Gasteiger partial charge in [0.1, 0.15) is 17.0 Å². The number of rotatable bonds is 6. The van der Waals surface area contributed by atoms with Gasteiger partial charge in [0.25, 0.3) is 5.56 Å². The van der Waals surface area contributed by atoms with Crippen molar-refractivity contribution in [2.24, 2.45) is 5.92 Å². The molecule has 0 spiro atoms. The van der Waals surface area contributed by atoms with Crippen molar-refractivity contribution in [2.45, 2.75) is 46.6 Å². The van der Waals surface area contributed by atoms with Crippen molar-refractivity contribution in [3.63, 3.8) is 0 Å². The molecule has 4 heterocycles. The summed E-state index contributed by atoms with van der Waals surface area (Å²) in [5.41, 5.74) is -0.203. The number of hydrogen-bond acceptors (Lipinski definition) is 5. The number of alkyl halides is 3. The van der Waals surface area contributed by atoms with Crippen molar-refractivity contribution in [2.75, 3.05) is 0 Å². The normalized spacial score (nSPS) is 12.2. The zero-order valence-electron chi connectivity index (χ0n) is 18.2. The third-order valence-corrected chi connectivity index (χ3v) is 5.09. The lowest BCUT2D eigenvalue weighted by Crippen LogP contribution is -2.40. The van der Waals surface area contributed by atoms with Gasteiger partial charge in [-0.15, -0.1) is 0 Å². The molecule has 0 saturated heterocycles. The Morgan fingerprint density at radius 2 is 1.88 bits per heavy atom. The number of nitrogens with one attached hydrogen (secondary N) is 1. The molecule has 0 aliphatic rings. The van der Waals surface area contributed by atoms with Crippen LogP contribution < -0.4 is 11.2 Å². The summed E-state index contributed by atoms with van der Waals surface area (Å²) in [6, 6.07) is 2.26. The van der Waals surface area contributed by atoms with Crippen molar-refractivity contribution < 1.29 is 13.2 Å². The van der Waals surface area contributed by atoms with Crippen LogP contribution in [0.4, 0.5) is 13.2 Å². The minimum Gasteiger partial charge on any atom is -0.332 e.